The fourth-order valence-electron chi connectivity index (χ4n) is 1.94. The number of halogens is 3. The maximum atomic E-state index is 13.7. The zero-order chi connectivity index (χ0) is 13.8. The molecule has 1 N–H and O–H groups in total. The van der Waals surface area contributed by atoms with Crippen molar-refractivity contribution < 1.29 is 8.78 Å². The summed E-state index contributed by atoms with van der Waals surface area (Å²) in [6, 6.07) is 7.43. The lowest BCUT2D eigenvalue weighted by Gasteiger charge is -2.16. The predicted octanol–water partition coefficient (Wildman–Crippen LogP) is 4.57. The lowest BCUT2D eigenvalue weighted by atomic mass is 10.0. The molecule has 1 aromatic carbocycles. The number of rotatable bonds is 5. The van der Waals surface area contributed by atoms with E-state index < -0.39 is 11.6 Å². The summed E-state index contributed by atoms with van der Waals surface area (Å²) in [6.45, 7) is 2.76. The van der Waals surface area contributed by atoms with Crippen LogP contribution in [0.5, 0.6) is 0 Å². The molecule has 1 nitrogen and oxygen atoms in total. The topological polar surface area (TPSA) is 12.0 Å². The van der Waals surface area contributed by atoms with Gasteiger partial charge in [-0.15, -0.1) is 11.3 Å². The first-order valence-electron chi connectivity index (χ1n) is 6.02. The summed E-state index contributed by atoms with van der Waals surface area (Å²) >= 11 is 7.40. The highest BCUT2D eigenvalue weighted by atomic mass is 35.5. The highest BCUT2D eigenvalue weighted by molar-refractivity contribution is 7.16. The Morgan fingerprint density at radius 1 is 1.26 bits per heavy atom. The van der Waals surface area contributed by atoms with Crippen molar-refractivity contribution in [1.29, 1.82) is 0 Å². The van der Waals surface area contributed by atoms with Gasteiger partial charge in [-0.3, -0.25) is 0 Å². The Labute approximate surface area is 120 Å². The molecule has 1 heterocycles. The fraction of sp³-hybridized carbons (Fsp3) is 0.286. The summed E-state index contributed by atoms with van der Waals surface area (Å²) in [7, 11) is 0. The summed E-state index contributed by atoms with van der Waals surface area (Å²) < 4.78 is 27.3. The van der Waals surface area contributed by atoms with Crippen LogP contribution in [-0.4, -0.2) is 6.54 Å². The second-order valence-corrected chi connectivity index (χ2v) is 5.94. The maximum absolute atomic E-state index is 13.7. The van der Waals surface area contributed by atoms with E-state index in [1.807, 2.05) is 19.1 Å². The highest BCUT2D eigenvalue weighted by Gasteiger charge is 2.16. The standard InChI is InChI=1S/C14H14ClF2NS/c1-2-18-12(13-5-6-14(15)19-13)7-9-3-4-10(16)8-11(9)17/h3-6,8,12,18H,2,7H2,1H3. The van der Waals surface area contributed by atoms with Gasteiger partial charge in [-0.2, -0.15) is 0 Å². The molecular formula is C14H14ClF2NS. The van der Waals surface area contributed by atoms with Gasteiger partial charge in [0.1, 0.15) is 11.6 Å². The minimum Gasteiger partial charge on any atom is -0.309 e. The first-order valence-corrected chi connectivity index (χ1v) is 7.22. The molecule has 0 aliphatic heterocycles. The van der Waals surface area contributed by atoms with Crippen LogP contribution in [0.4, 0.5) is 8.78 Å². The summed E-state index contributed by atoms with van der Waals surface area (Å²) in [5.74, 6) is -1.06. The molecule has 0 aliphatic carbocycles. The normalized spacial score (nSPS) is 12.6. The molecule has 102 valence electrons. The predicted molar refractivity (Wildman–Crippen MR) is 75.8 cm³/mol. The minimum absolute atomic E-state index is 0.0116. The zero-order valence-corrected chi connectivity index (χ0v) is 12.0. The van der Waals surface area contributed by atoms with Crippen molar-refractivity contribution in [2.24, 2.45) is 0 Å². The van der Waals surface area contributed by atoms with Crippen molar-refractivity contribution in [3.8, 4) is 0 Å². The SMILES string of the molecule is CCNC(Cc1ccc(F)cc1F)c1ccc(Cl)s1. The average molecular weight is 302 g/mol. The molecular weight excluding hydrogens is 288 g/mol. The third kappa shape index (κ3) is 3.75. The van der Waals surface area contributed by atoms with Gasteiger partial charge in [-0.1, -0.05) is 24.6 Å². The number of benzene rings is 1. The molecule has 2 rings (SSSR count). The Hall–Kier alpha value is -0.970. The summed E-state index contributed by atoms with van der Waals surface area (Å²) in [5.41, 5.74) is 0.497. The summed E-state index contributed by atoms with van der Waals surface area (Å²) in [6.07, 6.45) is 0.469. The van der Waals surface area contributed by atoms with E-state index >= 15 is 0 Å². The molecule has 0 radical (unpaired) electrons. The smallest absolute Gasteiger partial charge is 0.129 e. The second kappa shape index (κ2) is 6.46. The van der Waals surface area contributed by atoms with Crippen LogP contribution in [-0.2, 0) is 6.42 Å². The van der Waals surface area contributed by atoms with E-state index in [1.165, 1.54) is 23.5 Å². The zero-order valence-electron chi connectivity index (χ0n) is 10.4. The van der Waals surface area contributed by atoms with Crippen molar-refractivity contribution in [2.75, 3.05) is 6.54 Å². The Bertz CT molecular complexity index is 556. The Kier molecular flexibility index (Phi) is 4.91. The molecule has 0 fully saturated rings. The summed E-state index contributed by atoms with van der Waals surface area (Å²) in [5, 5.41) is 3.29. The molecule has 0 saturated heterocycles. The van der Waals surface area contributed by atoms with Crippen LogP contribution < -0.4 is 5.32 Å². The van der Waals surface area contributed by atoms with Gasteiger partial charge in [-0.05, 0) is 36.7 Å². The van der Waals surface area contributed by atoms with Crippen molar-refractivity contribution in [3.63, 3.8) is 0 Å². The van der Waals surface area contributed by atoms with Crippen LogP contribution in [0.25, 0.3) is 0 Å². The van der Waals surface area contributed by atoms with E-state index in [-0.39, 0.29) is 6.04 Å². The third-order valence-electron chi connectivity index (χ3n) is 2.83. The maximum Gasteiger partial charge on any atom is 0.129 e. The largest absolute Gasteiger partial charge is 0.309 e. The number of hydrogen-bond acceptors (Lipinski definition) is 2. The highest BCUT2D eigenvalue weighted by Crippen LogP contribution is 2.29. The molecule has 0 saturated carbocycles. The van der Waals surface area contributed by atoms with Crippen molar-refractivity contribution in [3.05, 3.63) is 56.7 Å². The van der Waals surface area contributed by atoms with Crippen LogP contribution in [0.2, 0.25) is 4.34 Å². The van der Waals surface area contributed by atoms with Crippen molar-refractivity contribution in [1.82, 2.24) is 5.32 Å². The molecule has 0 spiro atoms. The van der Waals surface area contributed by atoms with Gasteiger partial charge in [0.15, 0.2) is 0 Å². The molecule has 1 aromatic heterocycles. The molecule has 0 bridgehead atoms. The van der Waals surface area contributed by atoms with Crippen LogP contribution >= 0.6 is 22.9 Å². The number of hydrogen-bond donors (Lipinski definition) is 1. The molecule has 1 unspecified atom stereocenters. The summed E-state index contributed by atoms with van der Waals surface area (Å²) in [4.78, 5) is 1.05. The van der Waals surface area contributed by atoms with Crippen LogP contribution in [0.15, 0.2) is 30.3 Å². The first-order chi connectivity index (χ1) is 9.10. The Morgan fingerprint density at radius 3 is 2.63 bits per heavy atom. The van der Waals surface area contributed by atoms with E-state index in [2.05, 4.69) is 5.32 Å². The van der Waals surface area contributed by atoms with Gasteiger partial charge < -0.3 is 5.32 Å². The van der Waals surface area contributed by atoms with Crippen LogP contribution in [0.1, 0.15) is 23.4 Å². The second-order valence-electron chi connectivity index (χ2n) is 4.19. The molecule has 2 aromatic rings. The van der Waals surface area contributed by atoms with E-state index in [4.69, 9.17) is 11.6 Å². The number of thiophene rings is 1. The molecule has 0 amide bonds. The monoisotopic (exact) mass is 301 g/mol. The third-order valence-corrected chi connectivity index (χ3v) is 4.17. The fourth-order valence-corrected chi connectivity index (χ4v) is 3.08. The number of likely N-dealkylation sites (N-methyl/N-ethyl adjacent to an activating group) is 1. The quantitative estimate of drug-likeness (QED) is 0.853. The van der Waals surface area contributed by atoms with E-state index in [0.717, 1.165) is 17.5 Å². The van der Waals surface area contributed by atoms with Crippen molar-refractivity contribution in [2.45, 2.75) is 19.4 Å². The lowest BCUT2D eigenvalue weighted by molar-refractivity contribution is 0.526. The number of nitrogens with one attached hydrogen (secondary N) is 1. The van der Waals surface area contributed by atoms with Gasteiger partial charge in [0.2, 0.25) is 0 Å². The van der Waals surface area contributed by atoms with Gasteiger partial charge in [-0.25, -0.2) is 8.78 Å². The lowest BCUT2D eigenvalue weighted by Crippen LogP contribution is -2.22. The molecule has 1 atom stereocenters. The molecule has 19 heavy (non-hydrogen) atoms. The van der Waals surface area contributed by atoms with E-state index in [1.54, 1.807) is 0 Å². The van der Waals surface area contributed by atoms with Crippen LogP contribution in [0, 0.1) is 11.6 Å². The van der Waals surface area contributed by atoms with Gasteiger partial charge in [0.05, 0.1) is 4.34 Å². The van der Waals surface area contributed by atoms with E-state index in [9.17, 15) is 8.78 Å². The van der Waals surface area contributed by atoms with E-state index in [0.29, 0.717) is 16.3 Å². The van der Waals surface area contributed by atoms with Crippen LogP contribution in [0.3, 0.4) is 0 Å². The van der Waals surface area contributed by atoms with Gasteiger partial charge >= 0.3 is 0 Å². The average Bonchev–Trinajstić information content (AvgIpc) is 2.78. The minimum atomic E-state index is -0.555. The van der Waals surface area contributed by atoms with Gasteiger partial charge in [0, 0.05) is 17.0 Å². The van der Waals surface area contributed by atoms with Gasteiger partial charge in [0.25, 0.3) is 0 Å². The Morgan fingerprint density at radius 2 is 2.05 bits per heavy atom. The Balaban J connectivity index is 2.21. The van der Waals surface area contributed by atoms with Crippen molar-refractivity contribution >= 4 is 22.9 Å². The molecule has 5 heteroatoms. The molecule has 0 aliphatic rings. The first kappa shape index (κ1) is 14.4.